The molecular weight excluding hydrogens is 242 g/mol. The zero-order valence-corrected chi connectivity index (χ0v) is 11.2. The summed E-state index contributed by atoms with van der Waals surface area (Å²) in [5.41, 5.74) is 1.17. The second-order valence-corrected chi connectivity index (χ2v) is 4.90. The minimum Gasteiger partial charge on any atom is -0.464 e. The van der Waals surface area contributed by atoms with Crippen molar-refractivity contribution < 1.29 is 14.3 Å². The van der Waals surface area contributed by atoms with Gasteiger partial charge in [-0.2, -0.15) is 0 Å². The Morgan fingerprint density at radius 2 is 2.21 bits per heavy atom. The molecule has 1 fully saturated rings. The first-order valence-electron chi connectivity index (χ1n) is 7.01. The lowest BCUT2D eigenvalue weighted by molar-refractivity contribution is -0.151. The van der Waals surface area contributed by atoms with Crippen molar-refractivity contribution in [2.45, 2.75) is 44.6 Å². The quantitative estimate of drug-likeness (QED) is 0.560. The molecule has 0 amide bonds. The Labute approximate surface area is 114 Å². The number of carbonyl (C=O) groups excluding carboxylic acids is 1. The number of ether oxygens (including phenoxy) is 2. The van der Waals surface area contributed by atoms with Crippen molar-refractivity contribution in [3.8, 4) is 0 Å². The third-order valence-electron chi connectivity index (χ3n) is 3.33. The molecule has 1 aromatic rings. The number of nitrogens with zero attached hydrogens (tertiary/aromatic N) is 1. The van der Waals surface area contributed by atoms with Gasteiger partial charge in [-0.05, 0) is 37.3 Å². The molecule has 0 aliphatic heterocycles. The first kappa shape index (κ1) is 14.0. The van der Waals surface area contributed by atoms with E-state index in [4.69, 9.17) is 9.47 Å². The van der Waals surface area contributed by atoms with Crippen molar-refractivity contribution in [3.05, 3.63) is 30.1 Å². The number of esters is 1. The molecule has 0 bridgehead atoms. The Morgan fingerprint density at radius 3 is 2.95 bits per heavy atom. The molecule has 1 aliphatic carbocycles. The summed E-state index contributed by atoms with van der Waals surface area (Å²) in [6, 6.07) is 3.94. The fourth-order valence-electron chi connectivity index (χ4n) is 2.29. The first-order valence-corrected chi connectivity index (χ1v) is 7.01. The van der Waals surface area contributed by atoms with Gasteiger partial charge in [0.15, 0.2) is 0 Å². The Balaban J connectivity index is 1.51. The maximum Gasteiger partial charge on any atom is 0.332 e. The van der Waals surface area contributed by atoms with Crippen molar-refractivity contribution in [2.75, 3.05) is 13.2 Å². The largest absolute Gasteiger partial charge is 0.464 e. The van der Waals surface area contributed by atoms with Crippen molar-refractivity contribution >= 4 is 5.97 Å². The van der Waals surface area contributed by atoms with Crippen LogP contribution < -0.4 is 0 Å². The second-order valence-electron chi connectivity index (χ2n) is 4.90. The van der Waals surface area contributed by atoms with Gasteiger partial charge in [0.25, 0.3) is 0 Å². The van der Waals surface area contributed by atoms with Gasteiger partial charge in [-0.3, -0.25) is 4.98 Å². The minimum atomic E-state index is -0.252. The Morgan fingerprint density at radius 1 is 1.37 bits per heavy atom. The molecule has 1 heterocycles. The summed E-state index contributed by atoms with van der Waals surface area (Å²) in [5, 5.41) is 0. The third-order valence-corrected chi connectivity index (χ3v) is 3.33. The lowest BCUT2D eigenvalue weighted by atomic mass is 10.2. The van der Waals surface area contributed by atoms with Gasteiger partial charge in [-0.1, -0.05) is 18.9 Å². The highest BCUT2D eigenvalue weighted by Gasteiger charge is 2.16. The van der Waals surface area contributed by atoms with Gasteiger partial charge in [0, 0.05) is 12.4 Å². The third kappa shape index (κ3) is 5.39. The second kappa shape index (κ2) is 7.89. The molecule has 1 saturated carbocycles. The van der Waals surface area contributed by atoms with Crippen LogP contribution in [0.4, 0.5) is 0 Å². The zero-order chi connectivity index (χ0) is 13.3. The average Bonchev–Trinajstić information content (AvgIpc) is 2.96. The van der Waals surface area contributed by atoms with E-state index in [0.29, 0.717) is 6.61 Å². The number of aromatic nitrogens is 1. The van der Waals surface area contributed by atoms with Crippen molar-refractivity contribution in [3.63, 3.8) is 0 Å². The average molecular weight is 263 g/mol. The molecule has 0 radical (unpaired) electrons. The van der Waals surface area contributed by atoms with Gasteiger partial charge in [0.2, 0.25) is 0 Å². The summed E-state index contributed by atoms with van der Waals surface area (Å²) in [7, 11) is 0. The van der Waals surface area contributed by atoms with E-state index in [1.165, 1.54) is 18.4 Å². The summed E-state index contributed by atoms with van der Waals surface area (Å²) in [4.78, 5) is 15.5. The fraction of sp³-hybridized carbons (Fsp3) is 0.600. The smallest absolute Gasteiger partial charge is 0.332 e. The van der Waals surface area contributed by atoms with Crippen LogP contribution in [0.5, 0.6) is 0 Å². The van der Waals surface area contributed by atoms with Crippen LogP contribution in [0, 0.1) is 0 Å². The van der Waals surface area contributed by atoms with E-state index >= 15 is 0 Å². The van der Waals surface area contributed by atoms with E-state index in [1.54, 1.807) is 6.20 Å². The molecule has 2 rings (SSSR count). The van der Waals surface area contributed by atoms with Crippen molar-refractivity contribution in [2.24, 2.45) is 0 Å². The van der Waals surface area contributed by atoms with Gasteiger partial charge in [0.1, 0.15) is 6.61 Å². The van der Waals surface area contributed by atoms with Crippen molar-refractivity contribution in [1.82, 2.24) is 4.98 Å². The van der Waals surface area contributed by atoms with Crippen LogP contribution in [0.15, 0.2) is 24.5 Å². The number of hydrogen-bond acceptors (Lipinski definition) is 4. The fourth-order valence-corrected chi connectivity index (χ4v) is 2.29. The standard InChI is InChI=1S/C15H21NO3/c17-15(12-19-14-7-1-2-8-14)18-10-4-6-13-5-3-9-16-11-13/h3,5,9,11,14H,1-2,4,6-8,10,12H2. The molecule has 0 aromatic carbocycles. The summed E-state index contributed by atoms with van der Waals surface area (Å²) in [6.07, 6.45) is 10.1. The Hall–Kier alpha value is -1.42. The molecule has 1 aromatic heterocycles. The SMILES string of the molecule is O=C(COC1CCCC1)OCCCc1cccnc1. The molecular formula is C15H21NO3. The molecule has 0 N–H and O–H groups in total. The van der Waals surface area contributed by atoms with Gasteiger partial charge >= 0.3 is 5.97 Å². The van der Waals surface area contributed by atoms with Crippen LogP contribution in [0.25, 0.3) is 0 Å². The Bertz CT molecular complexity index is 374. The number of hydrogen-bond donors (Lipinski definition) is 0. The number of aryl methyl sites for hydroxylation is 1. The number of pyridine rings is 1. The molecule has 4 heteroatoms. The van der Waals surface area contributed by atoms with Gasteiger partial charge < -0.3 is 9.47 Å². The summed E-state index contributed by atoms with van der Waals surface area (Å²) < 4.78 is 10.6. The highest BCUT2D eigenvalue weighted by Crippen LogP contribution is 2.20. The maximum atomic E-state index is 11.5. The molecule has 0 saturated heterocycles. The minimum absolute atomic E-state index is 0.0948. The maximum absolute atomic E-state index is 11.5. The van der Waals surface area contributed by atoms with Crippen LogP contribution in [0.1, 0.15) is 37.7 Å². The lowest BCUT2D eigenvalue weighted by Crippen LogP contribution is -2.18. The van der Waals surface area contributed by atoms with Crippen LogP contribution in [-0.4, -0.2) is 30.3 Å². The number of carbonyl (C=O) groups is 1. The Kier molecular flexibility index (Phi) is 5.82. The molecule has 0 unspecified atom stereocenters. The molecule has 104 valence electrons. The van der Waals surface area contributed by atoms with Crippen LogP contribution >= 0.6 is 0 Å². The summed E-state index contributed by atoms with van der Waals surface area (Å²) in [5.74, 6) is -0.252. The summed E-state index contributed by atoms with van der Waals surface area (Å²) >= 11 is 0. The first-order chi connectivity index (χ1) is 9.34. The van der Waals surface area contributed by atoms with Gasteiger partial charge in [0.05, 0.1) is 12.7 Å². The molecule has 4 nitrogen and oxygen atoms in total. The number of rotatable bonds is 7. The monoisotopic (exact) mass is 263 g/mol. The molecule has 1 aliphatic rings. The highest BCUT2D eigenvalue weighted by atomic mass is 16.6. The molecule has 19 heavy (non-hydrogen) atoms. The van der Waals surface area contributed by atoms with E-state index in [0.717, 1.165) is 25.7 Å². The van der Waals surface area contributed by atoms with E-state index in [9.17, 15) is 4.79 Å². The predicted octanol–water partition coefficient (Wildman–Crippen LogP) is 2.52. The van der Waals surface area contributed by atoms with E-state index in [1.807, 2.05) is 18.3 Å². The van der Waals surface area contributed by atoms with Gasteiger partial charge in [-0.25, -0.2) is 4.79 Å². The molecule has 0 atom stereocenters. The topological polar surface area (TPSA) is 48.4 Å². The van der Waals surface area contributed by atoms with Crippen LogP contribution in [-0.2, 0) is 20.7 Å². The predicted molar refractivity (Wildman–Crippen MR) is 71.7 cm³/mol. The lowest BCUT2D eigenvalue weighted by Gasteiger charge is -2.10. The van der Waals surface area contributed by atoms with E-state index in [2.05, 4.69) is 4.98 Å². The van der Waals surface area contributed by atoms with Crippen LogP contribution in [0.3, 0.4) is 0 Å². The normalized spacial score (nSPS) is 15.6. The van der Waals surface area contributed by atoms with Crippen LogP contribution in [0.2, 0.25) is 0 Å². The molecule has 0 spiro atoms. The highest BCUT2D eigenvalue weighted by molar-refractivity contribution is 5.70. The van der Waals surface area contributed by atoms with E-state index in [-0.39, 0.29) is 18.7 Å². The summed E-state index contributed by atoms with van der Waals surface area (Å²) in [6.45, 7) is 0.541. The zero-order valence-electron chi connectivity index (χ0n) is 11.2. The van der Waals surface area contributed by atoms with Gasteiger partial charge in [-0.15, -0.1) is 0 Å². The van der Waals surface area contributed by atoms with Crippen molar-refractivity contribution in [1.29, 1.82) is 0 Å². The van der Waals surface area contributed by atoms with E-state index < -0.39 is 0 Å².